The third-order valence-electron chi connectivity index (χ3n) is 6.97. The van der Waals surface area contributed by atoms with Crippen LogP contribution >= 0.6 is 0 Å². The van der Waals surface area contributed by atoms with Crippen LogP contribution in [-0.2, 0) is 17.9 Å². The average molecular weight is 442 g/mol. The molecule has 1 aliphatic carbocycles. The van der Waals surface area contributed by atoms with E-state index >= 15 is 0 Å². The largest absolute Gasteiger partial charge is 0.357 e. The Bertz CT molecular complexity index is 756. The van der Waals surface area contributed by atoms with Crippen molar-refractivity contribution >= 4 is 11.9 Å². The van der Waals surface area contributed by atoms with Gasteiger partial charge in [0, 0.05) is 44.2 Å². The molecular weight excluding hydrogens is 398 g/mol. The van der Waals surface area contributed by atoms with Gasteiger partial charge in [0.2, 0.25) is 5.91 Å². The number of benzene rings is 1. The molecule has 0 bridgehead atoms. The number of nitrogens with zero attached hydrogens (tertiary/aromatic N) is 3. The molecule has 1 aliphatic heterocycles. The number of hydrogen-bond acceptors (Lipinski definition) is 3. The van der Waals surface area contributed by atoms with Crippen molar-refractivity contribution in [1.29, 1.82) is 0 Å². The maximum atomic E-state index is 12.9. The third-order valence-corrected chi connectivity index (χ3v) is 6.97. The highest BCUT2D eigenvalue weighted by atomic mass is 16.2. The fraction of sp³-hybridized carbons (Fsp3) is 0.692. The molecule has 6 heteroatoms. The van der Waals surface area contributed by atoms with Crippen LogP contribution in [0.1, 0.15) is 70.4 Å². The lowest BCUT2D eigenvalue weighted by Gasteiger charge is -2.26. The third kappa shape index (κ3) is 6.96. The van der Waals surface area contributed by atoms with E-state index in [0.29, 0.717) is 18.5 Å². The molecule has 0 spiro atoms. The quantitative estimate of drug-likeness (QED) is 0.476. The first-order chi connectivity index (χ1) is 15.5. The SMILES string of the molecule is CCNC(=NCc1ccccc1CN(C)C(C)C)NC1CCN(C(=O)C2CCCCC2)C1. The highest BCUT2D eigenvalue weighted by Crippen LogP contribution is 2.26. The number of nitrogens with one attached hydrogen (secondary N) is 2. The zero-order valence-corrected chi connectivity index (χ0v) is 20.6. The first-order valence-corrected chi connectivity index (χ1v) is 12.6. The molecule has 2 N–H and O–H groups in total. The first-order valence-electron chi connectivity index (χ1n) is 12.6. The van der Waals surface area contributed by atoms with Crippen LogP contribution in [0.3, 0.4) is 0 Å². The van der Waals surface area contributed by atoms with Gasteiger partial charge < -0.3 is 15.5 Å². The number of guanidine groups is 1. The van der Waals surface area contributed by atoms with Crippen molar-refractivity contribution in [2.75, 3.05) is 26.7 Å². The lowest BCUT2D eigenvalue weighted by molar-refractivity contribution is -0.135. The lowest BCUT2D eigenvalue weighted by Crippen LogP contribution is -2.45. The molecule has 32 heavy (non-hydrogen) atoms. The van der Waals surface area contributed by atoms with Crippen molar-refractivity contribution in [3.63, 3.8) is 0 Å². The number of aliphatic imine (C=N–C) groups is 1. The zero-order chi connectivity index (χ0) is 22.9. The van der Waals surface area contributed by atoms with Crippen LogP contribution in [0.2, 0.25) is 0 Å². The summed E-state index contributed by atoms with van der Waals surface area (Å²) >= 11 is 0. The molecule has 1 heterocycles. The number of likely N-dealkylation sites (tertiary alicyclic amines) is 1. The van der Waals surface area contributed by atoms with Gasteiger partial charge in [-0.3, -0.25) is 9.69 Å². The van der Waals surface area contributed by atoms with Crippen molar-refractivity contribution in [1.82, 2.24) is 20.4 Å². The van der Waals surface area contributed by atoms with Gasteiger partial charge in [-0.1, -0.05) is 43.5 Å². The first kappa shape index (κ1) is 24.6. The van der Waals surface area contributed by atoms with E-state index in [1.807, 2.05) is 0 Å². The summed E-state index contributed by atoms with van der Waals surface area (Å²) < 4.78 is 0. The minimum Gasteiger partial charge on any atom is -0.357 e. The fourth-order valence-electron chi connectivity index (χ4n) is 4.68. The average Bonchev–Trinajstić information content (AvgIpc) is 3.27. The Kier molecular flexibility index (Phi) is 9.39. The van der Waals surface area contributed by atoms with Crippen LogP contribution in [0.25, 0.3) is 0 Å². The maximum absolute atomic E-state index is 12.9. The predicted octanol–water partition coefficient (Wildman–Crippen LogP) is 3.76. The summed E-state index contributed by atoms with van der Waals surface area (Å²) in [6.07, 6.45) is 6.83. The van der Waals surface area contributed by atoms with E-state index in [4.69, 9.17) is 4.99 Å². The van der Waals surface area contributed by atoms with Gasteiger partial charge >= 0.3 is 0 Å². The van der Waals surface area contributed by atoms with Gasteiger partial charge in [-0.25, -0.2) is 4.99 Å². The molecule has 0 aromatic heterocycles. The molecule has 1 aromatic rings. The molecule has 6 nitrogen and oxygen atoms in total. The van der Waals surface area contributed by atoms with E-state index < -0.39 is 0 Å². The monoisotopic (exact) mass is 441 g/mol. The molecule has 3 rings (SSSR count). The van der Waals surface area contributed by atoms with Gasteiger partial charge in [0.1, 0.15) is 0 Å². The molecular formula is C26H43N5O. The molecule has 0 radical (unpaired) electrons. The second-order valence-electron chi connectivity index (χ2n) is 9.72. The fourth-order valence-corrected chi connectivity index (χ4v) is 4.68. The molecule has 1 saturated carbocycles. The smallest absolute Gasteiger partial charge is 0.225 e. The minimum atomic E-state index is 0.255. The topological polar surface area (TPSA) is 60.0 Å². The summed E-state index contributed by atoms with van der Waals surface area (Å²) in [6.45, 7) is 10.6. The number of carbonyl (C=O) groups is 1. The van der Waals surface area contributed by atoms with Crippen molar-refractivity contribution in [2.24, 2.45) is 10.9 Å². The normalized spacial score (nSPS) is 20.2. The number of hydrogen-bond donors (Lipinski definition) is 2. The molecule has 2 aliphatic rings. The highest BCUT2D eigenvalue weighted by molar-refractivity contribution is 5.81. The second-order valence-corrected chi connectivity index (χ2v) is 9.72. The molecule has 1 atom stereocenters. The number of rotatable bonds is 8. The van der Waals surface area contributed by atoms with E-state index in [1.54, 1.807) is 0 Å². The van der Waals surface area contributed by atoms with Gasteiger partial charge in [-0.05, 0) is 58.2 Å². The van der Waals surface area contributed by atoms with Crippen LogP contribution in [0.5, 0.6) is 0 Å². The summed E-state index contributed by atoms with van der Waals surface area (Å²) in [7, 11) is 2.16. The van der Waals surface area contributed by atoms with E-state index in [9.17, 15) is 4.79 Å². The van der Waals surface area contributed by atoms with Gasteiger partial charge in [-0.15, -0.1) is 0 Å². The number of carbonyl (C=O) groups excluding carboxylic acids is 1. The van der Waals surface area contributed by atoms with Gasteiger partial charge in [-0.2, -0.15) is 0 Å². The Labute approximate surface area is 194 Å². The van der Waals surface area contributed by atoms with Crippen LogP contribution in [-0.4, -0.2) is 60.4 Å². The predicted molar refractivity (Wildman–Crippen MR) is 133 cm³/mol. The van der Waals surface area contributed by atoms with Crippen molar-refractivity contribution in [3.05, 3.63) is 35.4 Å². The van der Waals surface area contributed by atoms with E-state index in [2.05, 4.69) is 72.5 Å². The van der Waals surface area contributed by atoms with Gasteiger partial charge in [0.15, 0.2) is 5.96 Å². The molecule has 2 fully saturated rings. The van der Waals surface area contributed by atoms with Gasteiger partial charge in [0.05, 0.1) is 6.54 Å². The maximum Gasteiger partial charge on any atom is 0.225 e. The molecule has 1 amide bonds. The summed E-state index contributed by atoms with van der Waals surface area (Å²) in [5.41, 5.74) is 2.59. The summed E-state index contributed by atoms with van der Waals surface area (Å²) in [5.74, 6) is 1.47. The van der Waals surface area contributed by atoms with Crippen LogP contribution < -0.4 is 10.6 Å². The highest BCUT2D eigenvalue weighted by Gasteiger charge is 2.31. The lowest BCUT2D eigenvalue weighted by atomic mass is 9.88. The van der Waals surface area contributed by atoms with Crippen LogP contribution in [0.15, 0.2) is 29.3 Å². The van der Waals surface area contributed by atoms with E-state index in [0.717, 1.165) is 51.4 Å². The Morgan fingerprint density at radius 3 is 2.56 bits per heavy atom. The summed E-state index contributed by atoms with van der Waals surface area (Å²) in [6, 6.07) is 9.36. The summed E-state index contributed by atoms with van der Waals surface area (Å²) in [4.78, 5) is 22.2. The number of amides is 1. The Morgan fingerprint density at radius 2 is 1.88 bits per heavy atom. The summed E-state index contributed by atoms with van der Waals surface area (Å²) in [5, 5.41) is 6.98. The van der Waals surface area contributed by atoms with Crippen LogP contribution in [0.4, 0.5) is 0 Å². The van der Waals surface area contributed by atoms with Gasteiger partial charge in [0.25, 0.3) is 0 Å². The Balaban J connectivity index is 1.58. The van der Waals surface area contributed by atoms with Crippen molar-refractivity contribution in [2.45, 2.75) is 84.5 Å². The Morgan fingerprint density at radius 1 is 1.16 bits per heavy atom. The van der Waals surface area contributed by atoms with Crippen LogP contribution in [0, 0.1) is 5.92 Å². The molecule has 1 saturated heterocycles. The van der Waals surface area contributed by atoms with Crippen molar-refractivity contribution < 1.29 is 4.79 Å². The van der Waals surface area contributed by atoms with E-state index in [-0.39, 0.29) is 12.0 Å². The molecule has 1 aromatic carbocycles. The minimum absolute atomic E-state index is 0.255. The van der Waals surface area contributed by atoms with E-state index in [1.165, 1.54) is 30.4 Å². The zero-order valence-electron chi connectivity index (χ0n) is 20.6. The second kappa shape index (κ2) is 12.2. The molecule has 178 valence electrons. The standard InChI is InChI=1S/C26H43N5O/c1-5-27-26(28-17-22-13-9-10-14-23(22)18-30(4)20(2)3)29-24-15-16-31(19-24)25(32)21-11-7-6-8-12-21/h9-10,13-14,20-21,24H,5-8,11-12,15-19H2,1-4H3,(H2,27,28,29). The molecule has 1 unspecified atom stereocenters. The van der Waals surface area contributed by atoms with Crippen molar-refractivity contribution in [3.8, 4) is 0 Å². The Hall–Kier alpha value is -2.08.